The predicted molar refractivity (Wildman–Crippen MR) is 108 cm³/mol. The molecular weight excluding hydrogens is 354 g/mol. The van der Waals surface area contributed by atoms with E-state index in [0.717, 1.165) is 49.2 Å². The van der Waals surface area contributed by atoms with Crippen molar-refractivity contribution in [2.75, 3.05) is 13.1 Å². The van der Waals surface area contributed by atoms with Crippen molar-refractivity contribution in [3.05, 3.63) is 51.6 Å². The molecule has 0 atom stereocenters. The number of aromatic nitrogens is 4. The fourth-order valence-electron chi connectivity index (χ4n) is 3.93. The molecule has 7 nitrogen and oxygen atoms in total. The maximum absolute atomic E-state index is 13.2. The second-order valence-corrected chi connectivity index (χ2v) is 7.60. The number of amides is 1. The van der Waals surface area contributed by atoms with Crippen molar-refractivity contribution in [3.8, 4) is 5.69 Å². The number of benzene rings is 1. The molecule has 0 N–H and O–H groups in total. The van der Waals surface area contributed by atoms with E-state index in [4.69, 9.17) is 0 Å². The highest BCUT2D eigenvalue weighted by atomic mass is 16.2. The Labute approximate surface area is 163 Å². The molecule has 0 unspecified atom stereocenters. The lowest BCUT2D eigenvalue weighted by atomic mass is 10.1. The van der Waals surface area contributed by atoms with Crippen molar-refractivity contribution in [2.45, 2.75) is 46.6 Å². The minimum absolute atomic E-state index is 0.0341. The Morgan fingerprint density at radius 2 is 1.86 bits per heavy atom. The fraction of sp³-hybridized carbons (Fsp3) is 0.429. The average molecular weight is 379 g/mol. The number of hydrogen-bond donors (Lipinski definition) is 0. The van der Waals surface area contributed by atoms with Gasteiger partial charge in [0.1, 0.15) is 12.1 Å². The van der Waals surface area contributed by atoms with Crippen LogP contribution in [0.1, 0.15) is 36.1 Å². The van der Waals surface area contributed by atoms with E-state index < -0.39 is 0 Å². The van der Waals surface area contributed by atoms with Gasteiger partial charge in [-0.05, 0) is 51.7 Å². The van der Waals surface area contributed by atoms with Gasteiger partial charge in [-0.2, -0.15) is 10.2 Å². The van der Waals surface area contributed by atoms with Crippen molar-refractivity contribution < 1.29 is 4.79 Å². The smallest absolute Gasteiger partial charge is 0.293 e. The topological polar surface area (TPSA) is 73.0 Å². The number of nitrogens with zero attached hydrogens (tertiary/aromatic N) is 5. The summed E-state index contributed by atoms with van der Waals surface area (Å²) in [5.74, 6) is -0.0503. The van der Waals surface area contributed by atoms with Crippen LogP contribution < -0.4 is 5.56 Å². The first-order valence-corrected chi connectivity index (χ1v) is 9.76. The number of hydrogen-bond acceptors (Lipinski definition) is 4. The number of aryl methyl sites for hydroxylation is 3. The van der Waals surface area contributed by atoms with Gasteiger partial charge in [0.25, 0.3) is 5.56 Å². The van der Waals surface area contributed by atoms with Crippen LogP contribution in [0.25, 0.3) is 16.6 Å². The van der Waals surface area contributed by atoms with Crippen molar-refractivity contribution in [1.82, 2.24) is 24.5 Å². The zero-order chi connectivity index (χ0) is 19.8. The van der Waals surface area contributed by atoms with Crippen LogP contribution in [0.3, 0.4) is 0 Å². The molecule has 0 bridgehead atoms. The summed E-state index contributed by atoms with van der Waals surface area (Å²) < 4.78 is 2.96. The summed E-state index contributed by atoms with van der Waals surface area (Å²) in [6.07, 6.45) is 4.87. The molecule has 0 spiro atoms. The Kier molecular flexibility index (Phi) is 4.75. The molecule has 0 saturated carbocycles. The van der Waals surface area contributed by atoms with Gasteiger partial charge < -0.3 is 4.90 Å². The lowest BCUT2D eigenvalue weighted by Crippen LogP contribution is -2.40. The maximum Gasteiger partial charge on any atom is 0.293 e. The first-order valence-electron chi connectivity index (χ1n) is 9.76. The number of fused-ring (bicyclic) bond motifs is 1. The molecule has 2 aromatic heterocycles. The SMILES string of the molecule is Cc1ccc(-n2ncc3c(C)nn(CC(=O)N4CCCCC4)c(=O)c32)c(C)c1. The van der Waals surface area contributed by atoms with Crippen LogP contribution in [0.2, 0.25) is 0 Å². The minimum Gasteiger partial charge on any atom is -0.341 e. The van der Waals surface area contributed by atoms with Crippen LogP contribution in [0, 0.1) is 20.8 Å². The standard InChI is InChI=1S/C21H25N5O2/c1-14-7-8-18(15(2)11-14)26-20-17(12-22-26)16(3)23-25(21(20)28)13-19(27)24-9-5-4-6-10-24/h7-8,11-12H,4-6,9-10,13H2,1-3H3. The largest absolute Gasteiger partial charge is 0.341 e. The molecule has 146 valence electrons. The zero-order valence-corrected chi connectivity index (χ0v) is 16.6. The third-order valence-electron chi connectivity index (χ3n) is 5.44. The van der Waals surface area contributed by atoms with E-state index >= 15 is 0 Å². The van der Waals surface area contributed by atoms with Crippen LogP contribution in [0.4, 0.5) is 0 Å². The molecule has 1 aliphatic heterocycles. The van der Waals surface area contributed by atoms with Crippen LogP contribution in [0.15, 0.2) is 29.2 Å². The van der Waals surface area contributed by atoms with Gasteiger partial charge in [0, 0.05) is 18.5 Å². The summed E-state index contributed by atoms with van der Waals surface area (Å²) >= 11 is 0. The number of carbonyl (C=O) groups is 1. The molecule has 3 heterocycles. The van der Waals surface area contributed by atoms with Crippen molar-refractivity contribution in [1.29, 1.82) is 0 Å². The summed E-state index contributed by atoms with van der Waals surface area (Å²) in [6.45, 7) is 7.36. The molecule has 4 rings (SSSR count). The third-order valence-corrected chi connectivity index (χ3v) is 5.44. The maximum atomic E-state index is 13.2. The van der Waals surface area contributed by atoms with Gasteiger partial charge in [0.15, 0.2) is 0 Å². The van der Waals surface area contributed by atoms with E-state index in [9.17, 15) is 9.59 Å². The quantitative estimate of drug-likeness (QED) is 0.701. The van der Waals surface area contributed by atoms with Gasteiger partial charge in [-0.15, -0.1) is 0 Å². The highest BCUT2D eigenvalue weighted by Gasteiger charge is 2.21. The minimum atomic E-state index is -0.288. The van der Waals surface area contributed by atoms with Gasteiger partial charge in [-0.3, -0.25) is 9.59 Å². The molecule has 7 heteroatoms. The Morgan fingerprint density at radius 3 is 2.57 bits per heavy atom. The first kappa shape index (κ1) is 18.4. The van der Waals surface area contributed by atoms with Gasteiger partial charge in [0.05, 0.1) is 17.6 Å². The molecule has 1 aromatic carbocycles. The third kappa shape index (κ3) is 3.21. The lowest BCUT2D eigenvalue weighted by molar-refractivity contribution is -0.133. The normalized spacial score (nSPS) is 14.6. The van der Waals surface area contributed by atoms with E-state index in [-0.39, 0.29) is 18.0 Å². The molecule has 1 saturated heterocycles. The monoisotopic (exact) mass is 379 g/mol. The molecule has 1 amide bonds. The van der Waals surface area contributed by atoms with Gasteiger partial charge in [-0.1, -0.05) is 17.7 Å². The first-order chi connectivity index (χ1) is 13.5. The number of piperidine rings is 1. The van der Waals surface area contributed by atoms with Crippen LogP contribution in [-0.2, 0) is 11.3 Å². The van der Waals surface area contributed by atoms with Crippen LogP contribution >= 0.6 is 0 Å². The summed E-state index contributed by atoms with van der Waals surface area (Å²) in [4.78, 5) is 27.7. The zero-order valence-electron chi connectivity index (χ0n) is 16.6. The van der Waals surface area contributed by atoms with Gasteiger partial charge >= 0.3 is 0 Å². The van der Waals surface area contributed by atoms with E-state index in [2.05, 4.69) is 16.3 Å². The molecule has 0 radical (unpaired) electrons. The Bertz CT molecular complexity index is 1110. The fourth-order valence-corrected chi connectivity index (χ4v) is 3.93. The molecule has 3 aromatic rings. The second kappa shape index (κ2) is 7.22. The van der Waals surface area contributed by atoms with E-state index in [0.29, 0.717) is 16.6 Å². The van der Waals surface area contributed by atoms with Crippen molar-refractivity contribution in [2.24, 2.45) is 0 Å². The highest BCUT2D eigenvalue weighted by Crippen LogP contribution is 2.20. The molecule has 1 fully saturated rings. The van der Waals surface area contributed by atoms with Crippen LogP contribution in [0.5, 0.6) is 0 Å². The summed E-state index contributed by atoms with van der Waals surface area (Å²) in [5.41, 5.74) is 3.92. The number of rotatable bonds is 3. The van der Waals surface area contributed by atoms with E-state index in [1.165, 1.54) is 4.68 Å². The Hall–Kier alpha value is -2.96. The average Bonchev–Trinajstić information content (AvgIpc) is 3.12. The molecular formula is C21H25N5O2. The number of likely N-dealkylation sites (tertiary alicyclic amines) is 1. The lowest BCUT2D eigenvalue weighted by Gasteiger charge is -2.26. The number of carbonyl (C=O) groups excluding carboxylic acids is 1. The predicted octanol–water partition coefficient (Wildman–Crippen LogP) is 2.52. The summed E-state index contributed by atoms with van der Waals surface area (Å²) in [5, 5.41) is 9.55. The Balaban J connectivity index is 1.78. The molecule has 1 aliphatic rings. The van der Waals surface area contributed by atoms with E-state index in [1.807, 2.05) is 37.8 Å². The molecule has 28 heavy (non-hydrogen) atoms. The van der Waals surface area contributed by atoms with Gasteiger partial charge in [0.2, 0.25) is 5.91 Å². The van der Waals surface area contributed by atoms with Gasteiger partial charge in [-0.25, -0.2) is 9.36 Å². The summed E-state index contributed by atoms with van der Waals surface area (Å²) in [7, 11) is 0. The van der Waals surface area contributed by atoms with Crippen LogP contribution in [-0.4, -0.2) is 43.5 Å². The Morgan fingerprint density at radius 1 is 1.11 bits per heavy atom. The van der Waals surface area contributed by atoms with E-state index in [1.54, 1.807) is 10.9 Å². The van der Waals surface area contributed by atoms with Crippen molar-refractivity contribution in [3.63, 3.8) is 0 Å². The molecule has 0 aliphatic carbocycles. The van der Waals surface area contributed by atoms with Crippen molar-refractivity contribution >= 4 is 16.8 Å². The summed E-state index contributed by atoms with van der Waals surface area (Å²) in [6, 6.07) is 6.03. The highest BCUT2D eigenvalue weighted by molar-refractivity contribution is 5.82. The second-order valence-electron chi connectivity index (χ2n) is 7.60.